The van der Waals surface area contributed by atoms with Crippen molar-refractivity contribution in [3.05, 3.63) is 48.0 Å². The van der Waals surface area contributed by atoms with Crippen LogP contribution in [-0.4, -0.2) is 35.5 Å². The van der Waals surface area contributed by atoms with Crippen molar-refractivity contribution in [1.82, 2.24) is 9.97 Å². The molecule has 28 heavy (non-hydrogen) atoms. The van der Waals surface area contributed by atoms with Crippen molar-refractivity contribution in [2.24, 2.45) is 0 Å². The Morgan fingerprint density at radius 3 is 2.39 bits per heavy atom. The number of rotatable bonds is 4. The van der Waals surface area contributed by atoms with Crippen LogP contribution in [-0.2, 0) is 0 Å². The van der Waals surface area contributed by atoms with E-state index in [1.165, 1.54) is 29.8 Å². The minimum atomic E-state index is -4.69. The van der Waals surface area contributed by atoms with Gasteiger partial charge in [0.25, 0.3) is 0 Å². The van der Waals surface area contributed by atoms with E-state index in [9.17, 15) is 13.2 Å². The highest BCUT2D eigenvalue weighted by molar-refractivity contribution is 5.78. The van der Waals surface area contributed by atoms with Crippen LogP contribution in [0.15, 0.2) is 42.5 Å². The predicted octanol–water partition coefficient (Wildman–Crippen LogP) is 4.82. The van der Waals surface area contributed by atoms with Gasteiger partial charge in [-0.3, -0.25) is 0 Å². The minimum Gasteiger partial charge on any atom is -0.490 e. The lowest BCUT2D eigenvalue weighted by atomic mass is 10.1. The number of hydrogen-bond donors (Lipinski definition) is 1. The van der Waals surface area contributed by atoms with Gasteiger partial charge in [0.15, 0.2) is 0 Å². The van der Waals surface area contributed by atoms with Gasteiger partial charge in [0.2, 0.25) is 5.95 Å². The van der Waals surface area contributed by atoms with Crippen LogP contribution in [0.5, 0.6) is 11.5 Å². The molecule has 1 aromatic heterocycles. The van der Waals surface area contributed by atoms with E-state index in [0.717, 1.165) is 42.9 Å². The van der Waals surface area contributed by atoms with Crippen LogP contribution >= 0.6 is 0 Å². The van der Waals surface area contributed by atoms with Crippen LogP contribution in [0.1, 0.15) is 18.4 Å². The number of H-pyrrole nitrogens is 1. The molecule has 1 aliphatic rings. The van der Waals surface area contributed by atoms with E-state index in [1.54, 1.807) is 0 Å². The van der Waals surface area contributed by atoms with E-state index >= 15 is 0 Å². The zero-order valence-corrected chi connectivity index (χ0v) is 15.3. The van der Waals surface area contributed by atoms with E-state index in [-0.39, 0.29) is 11.9 Å². The number of benzene rings is 2. The van der Waals surface area contributed by atoms with Crippen molar-refractivity contribution < 1.29 is 22.6 Å². The van der Waals surface area contributed by atoms with E-state index < -0.39 is 6.36 Å². The molecule has 3 aromatic rings. The van der Waals surface area contributed by atoms with Crippen molar-refractivity contribution in [2.45, 2.75) is 32.2 Å². The lowest BCUT2D eigenvalue weighted by Gasteiger charge is -2.32. The molecule has 8 heteroatoms. The molecule has 2 aromatic carbocycles. The topological polar surface area (TPSA) is 50.4 Å². The first kappa shape index (κ1) is 18.5. The van der Waals surface area contributed by atoms with Gasteiger partial charge in [0.1, 0.15) is 17.6 Å². The zero-order valence-electron chi connectivity index (χ0n) is 15.3. The first-order valence-electron chi connectivity index (χ1n) is 9.09. The fraction of sp³-hybridized carbons (Fsp3) is 0.350. The summed E-state index contributed by atoms with van der Waals surface area (Å²) in [5, 5.41) is 0. The standard InChI is InChI=1S/C20H20F3N3O2/c1-13-2-7-17-18(12-13)25-19(24-17)26-10-8-15(9-11-26)27-14-3-5-16(6-4-14)28-20(21,22)23/h2-7,12,15H,8-11H2,1H3,(H,24,25). The Morgan fingerprint density at radius 2 is 1.71 bits per heavy atom. The maximum atomic E-state index is 12.2. The number of nitrogens with one attached hydrogen (secondary N) is 1. The Labute approximate surface area is 160 Å². The number of alkyl halides is 3. The SMILES string of the molecule is Cc1ccc2nc(N3CCC(Oc4ccc(OC(F)(F)F)cc4)CC3)[nH]c2c1. The van der Waals surface area contributed by atoms with Crippen molar-refractivity contribution in [1.29, 1.82) is 0 Å². The number of aromatic nitrogens is 2. The number of nitrogens with zero attached hydrogens (tertiary/aromatic N) is 2. The lowest BCUT2D eigenvalue weighted by molar-refractivity contribution is -0.274. The monoisotopic (exact) mass is 391 g/mol. The van der Waals surface area contributed by atoms with Crippen LogP contribution in [0.4, 0.5) is 19.1 Å². The van der Waals surface area contributed by atoms with E-state index in [0.29, 0.717) is 5.75 Å². The predicted molar refractivity (Wildman–Crippen MR) is 99.8 cm³/mol. The summed E-state index contributed by atoms with van der Waals surface area (Å²) in [5.41, 5.74) is 3.15. The smallest absolute Gasteiger partial charge is 0.490 e. The van der Waals surface area contributed by atoms with Crippen LogP contribution in [0.25, 0.3) is 11.0 Å². The molecule has 4 rings (SSSR count). The van der Waals surface area contributed by atoms with Crippen LogP contribution in [0.3, 0.4) is 0 Å². The third-order valence-corrected chi connectivity index (χ3v) is 4.73. The van der Waals surface area contributed by atoms with Crippen LogP contribution < -0.4 is 14.4 Å². The molecule has 0 radical (unpaired) electrons. The van der Waals surface area contributed by atoms with Crippen molar-refractivity contribution in [2.75, 3.05) is 18.0 Å². The van der Waals surface area contributed by atoms with Gasteiger partial charge in [0.05, 0.1) is 11.0 Å². The fourth-order valence-electron chi connectivity index (χ4n) is 3.36. The molecule has 1 saturated heterocycles. The number of halogens is 3. The summed E-state index contributed by atoms with van der Waals surface area (Å²) >= 11 is 0. The molecule has 0 unspecified atom stereocenters. The average molecular weight is 391 g/mol. The van der Waals surface area contributed by atoms with Gasteiger partial charge >= 0.3 is 6.36 Å². The molecule has 1 aliphatic heterocycles. The van der Waals surface area contributed by atoms with Gasteiger partial charge < -0.3 is 19.4 Å². The Morgan fingerprint density at radius 1 is 1.04 bits per heavy atom. The maximum absolute atomic E-state index is 12.2. The molecule has 5 nitrogen and oxygen atoms in total. The number of piperidine rings is 1. The quantitative estimate of drug-likeness (QED) is 0.693. The third-order valence-electron chi connectivity index (χ3n) is 4.73. The van der Waals surface area contributed by atoms with Crippen LogP contribution in [0, 0.1) is 6.92 Å². The number of ether oxygens (including phenoxy) is 2. The zero-order chi connectivity index (χ0) is 19.7. The summed E-state index contributed by atoms with van der Waals surface area (Å²) < 4.78 is 46.4. The van der Waals surface area contributed by atoms with Gasteiger partial charge in [-0.25, -0.2) is 4.98 Å². The Bertz CT molecular complexity index is 945. The molecule has 0 bridgehead atoms. The average Bonchev–Trinajstić information content (AvgIpc) is 3.06. The van der Waals surface area contributed by atoms with E-state index in [4.69, 9.17) is 4.74 Å². The van der Waals surface area contributed by atoms with E-state index in [2.05, 4.69) is 25.7 Å². The number of anilines is 1. The molecule has 1 N–H and O–H groups in total. The molecular weight excluding hydrogens is 371 g/mol. The molecular formula is C20H20F3N3O2. The van der Waals surface area contributed by atoms with Crippen molar-refractivity contribution >= 4 is 17.0 Å². The summed E-state index contributed by atoms with van der Waals surface area (Å²) in [4.78, 5) is 10.2. The van der Waals surface area contributed by atoms with Gasteiger partial charge in [-0.2, -0.15) is 0 Å². The van der Waals surface area contributed by atoms with Crippen molar-refractivity contribution in [3.8, 4) is 11.5 Å². The third kappa shape index (κ3) is 4.32. The van der Waals surface area contributed by atoms with Gasteiger partial charge in [-0.1, -0.05) is 6.07 Å². The molecule has 0 atom stereocenters. The molecule has 0 aliphatic carbocycles. The molecule has 148 valence electrons. The second kappa shape index (κ2) is 7.26. The number of fused-ring (bicyclic) bond motifs is 1. The maximum Gasteiger partial charge on any atom is 0.573 e. The van der Waals surface area contributed by atoms with Crippen molar-refractivity contribution in [3.63, 3.8) is 0 Å². The summed E-state index contributed by atoms with van der Waals surface area (Å²) in [6.45, 7) is 3.63. The second-order valence-electron chi connectivity index (χ2n) is 6.90. The second-order valence-corrected chi connectivity index (χ2v) is 6.90. The number of imidazole rings is 1. The Hall–Kier alpha value is -2.90. The highest BCUT2D eigenvalue weighted by atomic mass is 19.4. The molecule has 0 spiro atoms. The van der Waals surface area contributed by atoms with Gasteiger partial charge in [-0.15, -0.1) is 13.2 Å². The minimum absolute atomic E-state index is 0.0113. The van der Waals surface area contributed by atoms with Gasteiger partial charge in [-0.05, 0) is 48.9 Å². The Kier molecular flexibility index (Phi) is 4.78. The summed E-state index contributed by atoms with van der Waals surface area (Å²) in [5.74, 6) is 1.13. The van der Waals surface area contributed by atoms with Crippen LogP contribution in [0.2, 0.25) is 0 Å². The normalized spacial score (nSPS) is 15.8. The van der Waals surface area contributed by atoms with Gasteiger partial charge in [0, 0.05) is 25.9 Å². The first-order chi connectivity index (χ1) is 13.4. The summed E-state index contributed by atoms with van der Waals surface area (Å²) in [6, 6.07) is 11.6. The largest absolute Gasteiger partial charge is 0.573 e. The number of aryl methyl sites for hydroxylation is 1. The fourth-order valence-corrected chi connectivity index (χ4v) is 3.36. The lowest BCUT2D eigenvalue weighted by Crippen LogP contribution is -2.38. The molecule has 2 heterocycles. The molecule has 1 fully saturated rings. The number of hydrogen-bond acceptors (Lipinski definition) is 4. The summed E-state index contributed by atoms with van der Waals surface area (Å²) in [6.07, 6.45) is -3.07. The molecule has 0 amide bonds. The first-order valence-corrected chi connectivity index (χ1v) is 9.09. The highest BCUT2D eigenvalue weighted by Crippen LogP contribution is 2.27. The Balaban J connectivity index is 1.33. The number of aromatic amines is 1. The highest BCUT2D eigenvalue weighted by Gasteiger charge is 2.31. The molecule has 0 saturated carbocycles. The van der Waals surface area contributed by atoms with E-state index in [1.807, 2.05) is 19.1 Å². The summed E-state index contributed by atoms with van der Waals surface area (Å²) in [7, 11) is 0.